The first kappa shape index (κ1) is 12.0. The van der Waals surface area contributed by atoms with E-state index < -0.39 is 5.97 Å². The summed E-state index contributed by atoms with van der Waals surface area (Å²) in [6, 6.07) is 6.31. The van der Waals surface area contributed by atoms with Gasteiger partial charge in [0, 0.05) is 12.4 Å². The van der Waals surface area contributed by atoms with Crippen molar-refractivity contribution in [3.8, 4) is 11.8 Å². The van der Waals surface area contributed by atoms with Crippen LogP contribution in [0.25, 0.3) is 0 Å². The van der Waals surface area contributed by atoms with Gasteiger partial charge >= 0.3 is 5.97 Å². The molecule has 0 N–H and O–H groups in total. The number of carbonyl (C=O) groups excluding carboxylic acids is 1. The van der Waals surface area contributed by atoms with Crippen molar-refractivity contribution in [1.82, 2.24) is 9.97 Å². The fraction of sp³-hybridized carbons (Fsp3) is 0. The number of nitrogens with zero attached hydrogens (tertiary/aromatic N) is 3. The van der Waals surface area contributed by atoms with Gasteiger partial charge in [0.2, 0.25) is 0 Å². The predicted molar refractivity (Wildman–Crippen MR) is 63.2 cm³/mol. The lowest BCUT2D eigenvalue weighted by Crippen LogP contribution is -2.10. The standard InChI is InChI=1S/C12H6ClN3O2/c13-9-5-8(6-14)1-2-11(9)18-12(17)10-7-15-3-4-16-10/h1-5,7H. The molecule has 0 aliphatic rings. The van der Waals surface area contributed by atoms with Crippen LogP contribution in [0.5, 0.6) is 5.75 Å². The van der Waals surface area contributed by atoms with E-state index in [0.29, 0.717) is 5.56 Å². The second-order valence-corrected chi connectivity index (χ2v) is 3.64. The molecule has 5 nitrogen and oxygen atoms in total. The number of hydrogen-bond donors (Lipinski definition) is 0. The highest BCUT2D eigenvalue weighted by Crippen LogP contribution is 2.25. The summed E-state index contributed by atoms with van der Waals surface area (Å²) in [6.07, 6.45) is 4.13. The van der Waals surface area contributed by atoms with Gasteiger partial charge in [-0.15, -0.1) is 0 Å². The molecule has 0 saturated heterocycles. The molecule has 2 rings (SSSR count). The number of rotatable bonds is 2. The highest BCUT2D eigenvalue weighted by atomic mass is 35.5. The monoisotopic (exact) mass is 259 g/mol. The van der Waals surface area contributed by atoms with Crippen molar-refractivity contribution < 1.29 is 9.53 Å². The molecule has 1 heterocycles. The minimum Gasteiger partial charge on any atom is -0.420 e. The summed E-state index contributed by atoms with van der Waals surface area (Å²) in [6.45, 7) is 0. The summed E-state index contributed by atoms with van der Waals surface area (Å²) >= 11 is 5.88. The van der Waals surface area contributed by atoms with E-state index in [1.165, 1.54) is 36.8 Å². The van der Waals surface area contributed by atoms with Gasteiger partial charge < -0.3 is 4.74 Å². The number of carbonyl (C=O) groups is 1. The summed E-state index contributed by atoms with van der Waals surface area (Å²) in [4.78, 5) is 19.2. The summed E-state index contributed by atoms with van der Waals surface area (Å²) in [5.41, 5.74) is 0.470. The van der Waals surface area contributed by atoms with Crippen LogP contribution in [0.4, 0.5) is 0 Å². The highest BCUT2D eigenvalue weighted by Gasteiger charge is 2.12. The normalized spacial score (nSPS) is 9.56. The molecule has 0 radical (unpaired) electrons. The molecular weight excluding hydrogens is 254 g/mol. The maximum atomic E-state index is 11.7. The Morgan fingerprint density at radius 3 is 2.83 bits per heavy atom. The van der Waals surface area contributed by atoms with E-state index in [1.54, 1.807) is 0 Å². The molecule has 0 spiro atoms. The van der Waals surface area contributed by atoms with E-state index in [4.69, 9.17) is 21.6 Å². The third-order valence-electron chi connectivity index (χ3n) is 2.04. The molecule has 18 heavy (non-hydrogen) atoms. The molecule has 0 amide bonds. The number of esters is 1. The van der Waals surface area contributed by atoms with Crippen LogP contribution in [0.1, 0.15) is 16.1 Å². The lowest BCUT2D eigenvalue weighted by Gasteiger charge is -2.05. The van der Waals surface area contributed by atoms with Crippen molar-refractivity contribution >= 4 is 17.6 Å². The maximum Gasteiger partial charge on any atom is 0.363 e. The van der Waals surface area contributed by atoms with E-state index in [1.807, 2.05) is 6.07 Å². The molecule has 6 heteroatoms. The Bertz CT molecular complexity index is 623. The van der Waals surface area contributed by atoms with Crippen molar-refractivity contribution in [1.29, 1.82) is 5.26 Å². The summed E-state index contributed by atoms with van der Waals surface area (Å²) < 4.78 is 5.05. The Kier molecular flexibility index (Phi) is 3.51. The van der Waals surface area contributed by atoms with Gasteiger partial charge in [0.25, 0.3) is 0 Å². The highest BCUT2D eigenvalue weighted by molar-refractivity contribution is 6.32. The van der Waals surface area contributed by atoms with Crippen LogP contribution < -0.4 is 4.74 Å². The van der Waals surface area contributed by atoms with Gasteiger partial charge in [-0.3, -0.25) is 4.98 Å². The molecule has 0 bridgehead atoms. The molecule has 0 fully saturated rings. The molecule has 0 unspecified atom stereocenters. The SMILES string of the molecule is N#Cc1ccc(OC(=O)c2cnccn2)c(Cl)c1. The summed E-state index contributed by atoms with van der Waals surface area (Å²) in [5, 5.41) is 8.86. The molecule has 1 aromatic heterocycles. The average Bonchev–Trinajstić information content (AvgIpc) is 2.42. The van der Waals surface area contributed by atoms with Gasteiger partial charge in [0.15, 0.2) is 5.69 Å². The third-order valence-corrected chi connectivity index (χ3v) is 2.33. The van der Waals surface area contributed by atoms with Gasteiger partial charge in [0.1, 0.15) is 5.75 Å². The first-order valence-electron chi connectivity index (χ1n) is 4.88. The minimum absolute atomic E-state index is 0.0814. The second kappa shape index (κ2) is 5.25. The number of ether oxygens (including phenoxy) is 1. The number of halogens is 1. The fourth-order valence-electron chi connectivity index (χ4n) is 1.21. The molecule has 0 saturated carbocycles. The van der Waals surface area contributed by atoms with Crippen molar-refractivity contribution in [2.24, 2.45) is 0 Å². The molecule has 1 aromatic carbocycles. The van der Waals surface area contributed by atoms with Crippen molar-refractivity contribution in [3.63, 3.8) is 0 Å². The van der Waals surface area contributed by atoms with Crippen LogP contribution in [-0.2, 0) is 0 Å². The number of benzene rings is 1. The quantitative estimate of drug-likeness (QED) is 0.610. The van der Waals surface area contributed by atoms with Crippen molar-refractivity contribution in [2.45, 2.75) is 0 Å². The molecule has 0 atom stereocenters. The van der Waals surface area contributed by atoms with Gasteiger partial charge in [-0.05, 0) is 18.2 Å². The number of hydrogen-bond acceptors (Lipinski definition) is 5. The van der Waals surface area contributed by atoms with Gasteiger partial charge in [-0.25, -0.2) is 9.78 Å². The molecule has 88 valence electrons. The summed E-state index contributed by atoms with van der Waals surface area (Å²) in [7, 11) is 0. The van der Waals surface area contributed by atoms with Crippen LogP contribution in [0.2, 0.25) is 5.02 Å². The lowest BCUT2D eigenvalue weighted by molar-refractivity contribution is 0.0728. The average molecular weight is 260 g/mol. The van der Waals surface area contributed by atoms with Gasteiger partial charge in [-0.2, -0.15) is 5.26 Å². The predicted octanol–water partition coefficient (Wildman–Crippen LogP) is 2.22. The summed E-state index contributed by atoms with van der Waals surface area (Å²) in [5.74, 6) is -0.485. The Morgan fingerprint density at radius 1 is 1.39 bits per heavy atom. The van der Waals surface area contributed by atoms with Gasteiger partial charge in [-0.1, -0.05) is 11.6 Å². The first-order chi connectivity index (χ1) is 8.70. The minimum atomic E-state index is -0.658. The van der Waals surface area contributed by atoms with Crippen LogP contribution in [0.15, 0.2) is 36.8 Å². The Morgan fingerprint density at radius 2 is 2.22 bits per heavy atom. The molecule has 2 aromatic rings. The zero-order chi connectivity index (χ0) is 13.0. The van der Waals surface area contributed by atoms with Crippen molar-refractivity contribution in [3.05, 3.63) is 53.1 Å². The fourth-order valence-corrected chi connectivity index (χ4v) is 1.43. The zero-order valence-electron chi connectivity index (χ0n) is 9.00. The first-order valence-corrected chi connectivity index (χ1v) is 5.26. The van der Waals surface area contributed by atoms with Gasteiger partial charge in [0.05, 0.1) is 22.9 Å². The molecule has 0 aliphatic carbocycles. The second-order valence-electron chi connectivity index (χ2n) is 3.24. The van der Waals surface area contributed by atoms with Crippen LogP contribution in [0.3, 0.4) is 0 Å². The van der Waals surface area contributed by atoms with E-state index >= 15 is 0 Å². The number of aromatic nitrogens is 2. The van der Waals surface area contributed by atoms with E-state index in [9.17, 15) is 4.79 Å². The zero-order valence-corrected chi connectivity index (χ0v) is 9.76. The Hall–Kier alpha value is -2.45. The van der Waals surface area contributed by atoms with E-state index in [-0.39, 0.29) is 16.5 Å². The third kappa shape index (κ3) is 2.62. The van der Waals surface area contributed by atoms with Crippen molar-refractivity contribution in [2.75, 3.05) is 0 Å². The largest absolute Gasteiger partial charge is 0.420 e. The smallest absolute Gasteiger partial charge is 0.363 e. The van der Waals surface area contributed by atoms with Crippen LogP contribution >= 0.6 is 11.6 Å². The van der Waals surface area contributed by atoms with Crippen LogP contribution in [-0.4, -0.2) is 15.9 Å². The Balaban J connectivity index is 2.20. The number of nitriles is 1. The van der Waals surface area contributed by atoms with E-state index in [2.05, 4.69) is 9.97 Å². The Labute approximate surface area is 108 Å². The van der Waals surface area contributed by atoms with Crippen LogP contribution in [0, 0.1) is 11.3 Å². The maximum absolute atomic E-state index is 11.7. The van der Waals surface area contributed by atoms with E-state index in [0.717, 1.165) is 0 Å². The molecule has 0 aliphatic heterocycles. The molecular formula is C12H6ClN3O2. The lowest BCUT2D eigenvalue weighted by atomic mass is 10.2. The topological polar surface area (TPSA) is 75.9 Å².